The van der Waals surface area contributed by atoms with E-state index < -0.39 is 6.89 Å². The van der Waals surface area contributed by atoms with Crippen LogP contribution in [-0.4, -0.2) is 18.4 Å². The molecule has 3 aromatic carbocycles. The van der Waals surface area contributed by atoms with E-state index in [0.717, 1.165) is 12.8 Å². The monoisotopic (exact) mass is 402 g/mol. The average molecular weight is 402 g/mol. The first-order valence-corrected chi connectivity index (χ1v) is 12.3. The maximum absolute atomic E-state index is 12.9. The Kier molecular flexibility index (Phi) is 6.02. The van der Waals surface area contributed by atoms with E-state index >= 15 is 0 Å². The van der Waals surface area contributed by atoms with E-state index in [1.807, 2.05) is 12.7 Å². The zero-order chi connectivity index (χ0) is 20.1. The highest BCUT2D eigenvalue weighted by molar-refractivity contribution is 7.83. The van der Waals surface area contributed by atoms with Crippen molar-refractivity contribution < 1.29 is 9.53 Å². The van der Waals surface area contributed by atoms with Gasteiger partial charge in [0.05, 0.1) is 6.61 Å². The number of benzene rings is 3. The Balaban J connectivity index is 1.99. The predicted molar refractivity (Wildman–Crippen MR) is 123 cm³/mol. The van der Waals surface area contributed by atoms with Gasteiger partial charge in [-0.05, 0) is 36.2 Å². The fraction of sp³-hybridized carbons (Fsp3) is 0.231. The highest BCUT2D eigenvalue weighted by atomic mass is 31.2. The van der Waals surface area contributed by atoms with Gasteiger partial charge in [-0.25, -0.2) is 4.79 Å². The topological polar surface area (TPSA) is 26.3 Å². The van der Waals surface area contributed by atoms with Crippen molar-refractivity contribution in [1.82, 2.24) is 0 Å². The third-order valence-corrected chi connectivity index (χ3v) is 10.9. The standard InChI is InChI=1S/C26H27O2P/c1-2-28-26(27)20-29(23-16-10-5-11-17-23)24(21-12-6-3-7-13-21)18-19-25(29)22-14-8-4-9-15-22/h3-17,20,24-25H,2,18-19H2,1H3/t24-,25-/m0/s1. The molecule has 0 aliphatic carbocycles. The molecule has 0 spiro atoms. The molecule has 1 aliphatic heterocycles. The molecule has 0 bridgehead atoms. The van der Waals surface area contributed by atoms with Gasteiger partial charge >= 0.3 is 5.97 Å². The number of rotatable bonds is 5. The Hall–Kier alpha value is -2.57. The van der Waals surface area contributed by atoms with Crippen LogP contribution in [0, 0.1) is 0 Å². The van der Waals surface area contributed by atoms with Crippen molar-refractivity contribution in [2.75, 3.05) is 6.61 Å². The summed E-state index contributed by atoms with van der Waals surface area (Å²) in [5.41, 5.74) is 3.29. The van der Waals surface area contributed by atoms with Gasteiger partial charge in [0.1, 0.15) is 0 Å². The quantitative estimate of drug-likeness (QED) is 0.388. The third-order valence-electron chi connectivity index (χ3n) is 5.92. The van der Waals surface area contributed by atoms with Gasteiger partial charge < -0.3 is 4.74 Å². The van der Waals surface area contributed by atoms with Crippen LogP contribution in [0.25, 0.3) is 0 Å². The first kappa shape index (κ1) is 19.7. The van der Waals surface area contributed by atoms with Gasteiger partial charge in [0.25, 0.3) is 0 Å². The molecule has 1 saturated heterocycles. The van der Waals surface area contributed by atoms with Gasteiger partial charge in [-0.2, -0.15) is 0 Å². The summed E-state index contributed by atoms with van der Waals surface area (Å²) in [6.07, 6.45) is 2.14. The number of hydrogen-bond donors (Lipinski definition) is 0. The summed E-state index contributed by atoms with van der Waals surface area (Å²) in [6, 6.07) is 32.1. The Labute approximate surface area is 173 Å². The lowest BCUT2D eigenvalue weighted by Gasteiger charge is -2.35. The van der Waals surface area contributed by atoms with Gasteiger partial charge in [-0.15, -0.1) is 0 Å². The van der Waals surface area contributed by atoms with Crippen molar-refractivity contribution in [3.63, 3.8) is 0 Å². The fourth-order valence-corrected chi connectivity index (χ4v) is 10.1. The van der Waals surface area contributed by atoms with Crippen molar-refractivity contribution >= 4 is 24.0 Å². The van der Waals surface area contributed by atoms with Gasteiger partial charge in [-0.3, -0.25) is 0 Å². The third kappa shape index (κ3) is 3.82. The van der Waals surface area contributed by atoms with E-state index in [1.54, 1.807) is 0 Å². The lowest BCUT2D eigenvalue weighted by molar-refractivity contribution is -0.134. The van der Waals surface area contributed by atoms with Crippen LogP contribution in [0.2, 0.25) is 0 Å². The van der Waals surface area contributed by atoms with Crippen LogP contribution in [0.5, 0.6) is 0 Å². The highest BCUT2D eigenvalue weighted by Gasteiger charge is 2.44. The minimum absolute atomic E-state index is 0.187. The second-order valence-corrected chi connectivity index (χ2v) is 11.2. The highest BCUT2D eigenvalue weighted by Crippen LogP contribution is 2.76. The molecular formula is C26H27O2P. The first-order chi connectivity index (χ1) is 14.3. The fourth-order valence-electron chi connectivity index (χ4n) is 4.79. The lowest BCUT2D eigenvalue weighted by atomic mass is 10.0. The Morgan fingerprint density at radius 1 is 0.828 bits per heavy atom. The maximum Gasteiger partial charge on any atom is 0.331 e. The summed E-state index contributed by atoms with van der Waals surface area (Å²) < 4.78 is 5.45. The summed E-state index contributed by atoms with van der Waals surface area (Å²) in [5, 5.41) is 1.29. The van der Waals surface area contributed by atoms with Gasteiger partial charge in [0.15, 0.2) is 0 Å². The molecule has 0 unspecified atom stereocenters. The summed E-state index contributed by atoms with van der Waals surface area (Å²) in [7, 11) is 0. The summed E-state index contributed by atoms with van der Waals surface area (Å²) in [6.45, 7) is 0.223. The summed E-state index contributed by atoms with van der Waals surface area (Å²) in [5.74, 6) is 1.79. The molecule has 1 heterocycles. The molecule has 0 saturated carbocycles. The van der Waals surface area contributed by atoms with Crippen molar-refractivity contribution in [2.24, 2.45) is 0 Å². The molecule has 3 aromatic rings. The van der Waals surface area contributed by atoms with Crippen molar-refractivity contribution in [2.45, 2.75) is 31.1 Å². The number of ether oxygens (including phenoxy) is 1. The van der Waals surface area contributed by atoms with Gasteiger partial charge in [0, 0.05) is 17.1 Å². The Bertz CT molecular complexity index is 945. The van der Waals surface area contributed by atoms with E-state index in [1.165, 1.54) is 16.4 Å². The van der Waals surface area contributed by atoms with E-state index in [-0.39, 0.29) is 5.97 Å². The summed E-state index contributed by atoms with van der Waals surface area (Å²) in [4.78, 5) is 12.9. The van der Waals surface area contributed by atoms with E-state index in [9.17, 15) is 4.79 Å². The van der Waals surface area contributed by atoms with E-state index in [4.69, 9.17) is 4.74 Å². The molecule has 0 aromatic heterocycles. The molecule has 148 valence electrons. The molecule has 29 heavy (non-hydrogen) atoms. The van der Waals surface area contributed by atoms with Crippen molar-refractivity contribution in [1.29, 1.82) is 0 Å². The molecule has 1 aliphatic rings. The van der Waals surface area contributed by atoms with Crippen LogP contribution in [-0.2, 0) is 9.53 Å². The predicted octanol–water partition coefficient (Wildman–Crippen LogP) is 5.97. The number of hydrogen-bond acceptors (Lipinski definition) is 2. The van der Waals surface area contributed by atoms with Crippen LogP contribution in [0.3, 0.4) is 0 Å². The number of carbonyl (C=O) groups excluding carboxylic acids is 1. The molecule has 4 rings (SSSR count). The smallest absolute Gasteiger partial charge is 0.331 e. The van der Waals surface area contributed by atoms with Crippen LogP contribution < -0.4 is 5.30 Å². The molecule has 3 heteroatoms. The normalized spacial score (nSPS) is 20.2. The molecule has 0 amide bonds. The minimum Gasteiger partial charge on any atom is -0.463 e. The minimum atomic E-state index is -2.05. The van der Waals surface area contributed by atoms with Crippen LogP contribution in [0.15, 0.2) is 91.0 Å². The van der Waals surface area contributed by atoms with Crippen molar-refractivity contribution in [3.8, 4) is 0 Å². The van der Waals surface area contributed by atoms with Crippen LogP contribution >= 0.6 is 6.89 Å². The maximum atomic E-state index is 12.9. The zero-order valence-corrected chi connectivity index (χ0v) is 17.7. The molecule has 0 radical (unpaired) electrons. The Morgan fingerprint density at radius 3 is 1.72 bits per heavy atom. The Morgan fingerprint density at radius 2 is 1.28 bits per heavy atom. The SMILES string of the molecule is CCOC(=O)C=P1(c2ccccc2)[C@H](c2ccccc2)CC[C@H]1c1ccccc1. The summed E-state index contributed by atoms with van der Waals surface area (Å²) >= 11 is 0. The molecule has 2 nitrogen and oxygen atoms in total. The van der Waals surface area contributed by atoms with E-state index in [2.05, 4.69) is 91.0 Å². The second-order valence-electron chi connectivity index (χ2n) is 7.48. The number of esters is 1. The first-order valence-electron chi connectivity index (χ1n) is 10.3. The molecule has 0 N–H and O–H groups in total. The molecule has 1 fully saturated rings. The second kappa shape index (κ2) is 8.84. The van der Waals surface area contributed by atoms with Crippen LogP contribution in [0.1, 0.15) is 42.2 Å². The average Bonchev–Trinajstić information content (AvgIpc) is 3.15. The largest absolute Gasteiger partial charge is 0.463 e. The zero-order valence-electron chi connectivity index (χ0n) is 16.8. The molecular weight excluding hydrogens is 375 g/mol. The van der Waals surface area contributed by atoms with Crippen molar-refractivity contribution in [3.05, 3.63) is 102 Å². The lowest BCUT2D eigenvalue weighted by Crippen LogP contribution is -2.18. The molecule has 2 atom stereocenters. The van der Waals surface area contributed by atoms with Crippen LogP contribution in [0.4, 0.5) is 0 Å². The van der Waals surface area contributed by atoms with Gasteiger partial charge in [0.2, 0.25) is 0 Å². The van der Waals surface area contributed by atoms with E-state index in [0.29, 0.717) is 17.9 Å². The van der Waals surface area contributed by atoms with Gasteiger partial charge in [-0.1, -0.05) is 97.9 Å². The number of carbonyl (C=O) groups is 1.